The van der Waals surface area contributed by atoms with Gasteiger partial charge in [0.15, 0.2) is 0 Å². The van der Waals surface area contributed by atoms with E-state index in [-0.39, 0.29) is 12.8 Å². The normalized spacial score (nSPS) is 14.9. The maximum absolute atomic E-state index is 13.2. The largest absolute Gasteiger partial charge is 0.481 e. The first-order valence-electron chi connectivity index (χ1n) is 12.3. The van der Waals surface area contributed by atoms with E-state index in [0.717, 1.165) is 10.9 Å². The molecule has 0 aliphatic carbocycles. The molecule has 0 saturated carbocycles. The molecule has 15 heteroatoms. The molecule has 1 aromatic carbocycles. The summed E-state index contributed by atoms with van der Waals surface area (Å²) in [5.41, 5.74) is 7.46. The molecular formula is C25H31N7O8. The van der Waals surface area contributed by atoms with E-state index in [0.29, 0.717) is 11.3 Å². The predicted molar refractivity (Wildman–Crippen MR) is 140 cm³/mol. The lowest BCUT2D eigenvalue weighted by molar-refractivity contribution is -0.143. The number of carbonyl (C=O) groups is 5. The Labute approximate surface area is 227 Å². The molecule has 0 saturated heterocycles. The van der Waals surface area contributed by atoms with Gasteiger partial charge in [-0.2, -0.15) is 0 Å². The van der Waals surface area contributed by atoms with Crippen molar-refractivity contribution in [2.45, 2.75) is 56.5 Å². The predicted octanol–water partition coefficient (Wildman–Crippen LogP) is -1.60. The number of nitrogens with zero attached hydrogens (tertiary/aromatic N) is 1. The maximum atomic E-state index is 13.2. The second-order valence-electron chi connectivity index (χ2n) is 9.23. The molecule has 3 aromatic rings. The van der Waals surface area contributed by atoms with E-state index in [4.69, 9.17) is 5.73 Å². The number of hydrogen-bond donors (Lipinski definition) is 9. The van der Waals surface area contributed by atoms with E-state index in [2.05, 4.69) is 30.9 Å². The minimum Gasteiger partial charge on any atom is -0.481 e. The SMILES string of the molecule is CC(O)C(N)C(=O)NC(Cc1cnc[nH]1)C(=O)NC(CC(=O)O)C(=O)NC(Cc1c[nH]c2ccccc12)C(=O)O. The van der Waals surface area contributed by atoms with Crippen molar-refractivity contribution in [3.05, 3.63) is 54.2 Å². The number of benzene rings is 1. The summed E-state index contributed by atoms with van der Waals surface area (Å²) < 4.78 is 0. The van der Waals surface area contributed by atoms with Gasteiger partial charge in [-0.05, 0) is 18.6 Å². The van der Waals surface area contributed by atoms with E-state index in [9.17, 15) is 39.3 Å². The van der Waals surface area contributed by atoms with Gasteiger partial charge < -0.3 is 47.0 Å². The third-order valence-corrected chi connectivity index (χ3v) is 6.16. The molecule has 0 spiro atoms. The van der Waals surface area contributed by atoms with E-state index in [1.807, 2.05) is 0 Å². The van der Waals surface area contributed by atoms with Gasteiger partial charge in [-0.3, -0.25) is 19.2 Å². The fraction of sp³-hybridized carbons (Fsp3) is 0.360. The highest BCUT2D eigenvalue weighted by Gasteiger charge is 2.32. The summed E-state index contributed by atoms with van der Waals surface area (Å²) in [6.07, 6.45) is 2.00. The van der Waals surface area contributed by atoms with Gasteiger partial charge >= 0.3 is 11.9 Å². The number of aliphatic hydroxyl groups excluding tert-OH is 1. The van der Waals surface area contributed by atoms with Crippen LogP contribution in [0, 0.1) is 0 Å². The summed E-state index contributed by atoms with van der Waals surface area (Å²) in [6.45, 7) is 1.29. The fourth-order valence-electron chi connectivity index (χ4n) is 3.96. The molecule has 214 valence electrons. The number of amides is 3. The molecule has 0 radical (unpaired) electrons. The molecule has 5 unspecified atom stereocenters. The van der Waals surface area contributed by atoms with Gasteiger partial charge in [0.2, 0.25) is 17.7 Å². The van der Waals surface area contributed by atoms with Crippen molar-refractivity contribution in [1.29, 1.82) is 0 Å². The molecule has 10 N–H and O–H groups in total. The minimum absolute atomic E-state index is 0.117. The van der Waals surface area contributed by atoms with Crippen molar-refractivity contribution >= 4 is 40.6 Å². The third kappa shape index (κ3) is 7.87. The number of imidazole rings is 1. The van der Waals surface area contributed by atoms with Gasteiger partial charge in [0.1, 0.15) is 24.2 Å². The van der Waals surface area contributed by atoms with Crippen LogP contribution in [0.25, 0.3) is 10.9 Å². The first-order chi connectivity index (χ1) is 19.0. The Balaban J connectivity index is 1.77. The second kappa shape index (κ2) is 13.3. The maximum Gasteiger partial charge on any atom is 0.326 e. The topological polar surface area (TPSA) is 253 Å². The first kappa shape index (κ1) is 29.8. The number of aliphatic hydroxyl groups is 1. The molecule has 0 bridgehead atoms. The van der Waals surface area contributed by atoms with E-state index >= 15 is 0 Å². The van der Waals surface area contributed by atoms with Crippen molar-refractivity contribution < 1.29 is 39.3 Å². The lowest BCUT2D eigenvalue weighted by atomic mass is 10.0. The number of fused-ring (bicyclic) bond motifs is 1. The summed E-state index contributed by atoms with van der Waals surface area (Å²) in [4.78, 5) is 71.8. The van der Waals surface area contributed by atoms with Crippen LogP contribution in [0.15, 0.2) is 43.0 Å². The second-order valence-corrected chi connectivity index (χ2v) is 9.23. The van der Waals surface area contributed by atoms with Crippen LogP contribution in [-0.4, -0.2) is 90.2 Å². The summed E-state index contributed by atoms with van der Waals surface area (Å²) in [7, 11) is 0. The quantitative estimate of drug-likeness (QED) is 0.110. The number of carboxylic acids is 2. The van der Waals surface area contributed by atoms with Crippen molar-refractivity contribution in [1.82, 2.24) is 30.9 Å². The van der Waals surface area contributed by atoms with Gasteiger partial charge in [-0.25, -0.2) is 9.78 Å². The van der Waals surface area contributed by atoms with Crippen molar-refractivity contribution in [2.75, 3.05) is 0 Å². The first-order valence-corrected chi connectivity index (χ1v) is 12.3. The van der Waals surface area contributed by atoms with Crippen molar-refractivity contribution in [3.63, 3.8) is 0 Å². The van der Waals surface area contributed by atoms with Crippen LogP contribution < -0.4 is 21.7 Å². The van der Waals surface area contributed by atoms with Crippen molar-refractivity contribution in [3.8, 4) is 0 Å². The van der Waals surface area contributed by atoms with Crippen LogP contribution in [0.3, 0.4) is 0 Å². The average Bonchev–Trinajstić information content (AvgIpc) is 3.56. The Kier molecular flexibility index (Phi) is 9.94. The highest BCUT2D eigenvalue weighted by atomic mass is 16.4. The number of aliphatic carboxylic acids is 2. The molecule has 0 aliphatic rings. The summed E-state index contributed by atoms with van der Waals surface area (Å²) in [5.74, 6) is -5.65. The Bertz CT molecular complexity index is 1350. The standard InChI is InChI=1S/C25H31N7O8/c1-12(33)21(26)24(38)31-17(7-14-10-27-11-29-14)22(36)30-18(8-20(34)35)23(37)32-19(25(39)40)6-13-9-28-16-5-3-2-4-15(13)16/h2-5,9-12,17-19,21,28,33H,6-8,26H2,1H3,(H,27,29)(H,30,36)(H,31,38)(H,32,37)(H,34,35)(H,39,40). The van der Waals surface area contributed by atoms with Crippen LogP contribution in [0.1, 0.15) is 24.6 Å². The van der Waals surface area contributed by atoms with Gasteiger partial charge in [-0.15, -0.1) is 0 Å². The molecule has 2 heterocycles. The number of carboxylic acid groups (broad SMARTS) is 2. The number of nitrogens with two attached hydrogens (primary N) is 1. The highest BCUT2D eigenvalue weighted by Crippen LogP contribution is 2.19. The van der Waals surface area contributed by atoms with Gasteiger partial charge in [0, 0.05) is 41.8 Å². The summed E-state index contributed by atoms with van der Waals surface area (Å²) in [6, 6.07) is 1.34. The number of nitrogens with one attached hydrogen (secondary N) is 5. The van der Waals surface area contributed by atoms with Crippen LogP contribution in [0.5, 0.6) is 0 Å². The molecule has 3 amide bonds. The molecule has 15 nitrogen and oxygen atoms in total. The monoisotopic (exact) mass is 557 g/mol. The number of hydrogen-bond acceptors (Lipinski definition) is 8. The third-order valence-electron chi connectivity index (χ3n) is 6.16. The van der Waals surface area contributed by atoms with Crippen LogP contribution in [0.4, 0.5) is 0 Å². The van der Waals surface area contributed by atoms with E-state index in [1.54, 1.807) is 30.5 Å². The van der Waals surface area contributed by atoms with Crippen molar-refractivity contribution in [2.24, 2.45) is 5.73 Å². The molecule has 5 atom stereocenters. The van der Waals surface area contributed by atoms with Gasteiger partial charge in [0.05, 0.1) is 18.9 Å². The lowest BCUT2D eigenvalue weighted by Crippen LogP contribution is -2.59. The summed E-state index contributed by atoms with van der Waals surface area (Å²) in [5, 5.41) is 36.5. The lowest BCUT2D eigenvalue weighted by Gasteiger charge is -2.25. The number of para-hydroxylation sites is 1. The smallest absolute Gasteiger partial charge is 0.326 e. The zero-order chi connectivity index (χ0) is 29.4. The Morgan fingerprint density at radius 3 is 2.20 bits per heavy atom. The molecule has 3 rings (SSSR count). The molecule has 0 fully saturated rings. The fourth-order valence-corrected chi connectivity index (χ4v) is 3.96. The van der Waals surface area contributed by atoms with Gasteiger partial charge in [0.25, 0.3) is 0 Å². The van der Waals surface area contributed by atoms with Gasteiger partial charge in [-0.1, -0.05) is 18.2 Å². The van der Waals surface area contributed by atoms with Crippen LogP contribution in [-0.2, 0) is 36.8 Å². The summed E-state index contributed by atoms with van der Waals surface area (Å²) >= 11 is 0. The number of carbonyl (C=O) groups excluding carboxylic acids is 3. The Hall–Kier alpha value is -4.76. The average molecular weight is 558 g/mol. The number of rotatable bonds is 14. The van der Waals surface area contributed by atoms with Crippen LogP contribution in [0.2, 0.25) is 0 Å². The molecule has 0 aliphatic heterocycles. The number of H-pyrrole nitrogens is 2. The zero-order valence-electron chi connectivity index (χ0n) is 21.5. The minimum atomic E-state index is -1.68. The molecule has 2 aromatic heterocycles. The molecule has 40 heavy (non-hydrogen) atoms. The number of aromatic amines is 2. The van der Waals surface area contributed by atoms with Crippen LogP contribution >= 0.6 is 0 Å². The molecular weight excluding hydrogens is 526 g/mol. The highest BCUT2D eigenvalue weighted by molar-refractivity contribution is 5.96. The Morgan fingerprint density at radius 2 is 1.57 bits per heavy atom. The Morgan fingerprint density at radius 1 is 0.925 bits per heavy atom. The zero-order valence-corrected chi connectivity index (χ0v) is 21.5. The van der Waals surface area contributed by atoms with E-state index < -0.39 is 66.4 Å². The van der Waals surface area contributed by atoms with E-state index in [1.165, 1.54) is 19.4 Å². The number of aromatic nitrogens is 3.